The number of hydrogen-bond acceptors (Lipinski definition) is 5. The third-order valence-electron chi connectivity index (χ3n) is 4.04. The van der Waals surface area contributed by atoms with Gasteiger partial charge in [0.2, 0.25) is 0 Å². The molecule has 6 heteroatoms. The number of ether oxygens (including phenoxy) is 2. The zero-order valence-corrected chi connectivity index (χ0v) is 14.5. The molecule has 1 aliphatic heterocycles. The summed E-state index contributed by atoms with van der Waals surface area (Å²) in [5.74, 6) is 0.866. The van der Waals surface area contributed by atoms with Gasteiger partial charge in [-0.1, -0.05) is 20.8 Å². The summed E-state index contributed by atoms with van der Waals surface area (Å²) in [5, 5.41) is 0. The predicted molar refractivity (Wildman–Crippen MR) is 88.0 cm³/mol. The molecule has 2 aromatic heterocycles. The first-order valence-electron chi connectivity index (χ1n) is 8.31. The van der Waals surface area contributed by atoms with E-state index in [2.05, 4.69) is 35.3 Å². The van der Waals surface area contributed by atoms with Crippen LogP contribution in [-0.4, -0.2) is 33.2 Å². The molecule has 6 nitrogen and oxygen atoms in total. The van der Waals surface area contributed by atoms with Crippen LogP contribution in [0.15, 0.2) is 6.33 Å². The topological polar surface area (TPSA) is 62.1 Å². The molecule has 0 bridgehead atoms. The highest BCUT2D eigenvalue weighted by Crippen LogP contribution is 2.30. The third-order valence-corrected chi connectivity index (χ3v) is 4.04. The molecule has 3 heterocycles. The average Bonchev–Trinajstić information content (AvgIpc) is 2.86. The Kier molecular flexibility index (Phi) is 4.64. The van der Waals surface area contributed by atoms with Gasteiger partial charge in [0.1, 0.15) is 30.5 Å². The molecule has 0 saturated carbocycles. The van der Waals surface area contributed by atoms with Crippen LogP contribution in [0.5, 0.6) is 0 Å². The Morgan fingerprint density at radius 3 is 2.78 bits per heavy atom. The third kappa shape index (κ3) is 3.53. The highest BCUT2D eigenvalue weighted by Gasteiger charge is 2.25. The smallest absolute Gasteiger partial charge is 0.165 e. The van der Waals surface area contributed by atoms with E-state index in [0.29, 0.717) is 6.61 Å². The number of imidazole rings is 1. The Bertz CT molecular complexity index is 669. The van der Waals surface area contributed by atoms with E-state index in [-0.39, 0.29) is 11.6 Å². The van der Waals surface area contributed by atoms with E-state index >= 15 is 0 Å². The Morgan fingerprint density at radius 2 is 2.13 bits per heavy atom. The first-order valence-corrected chi connectivity index (χ1v) is 8.31. The lowest BCUT2D eigenvalue weighted by atomic mass is 9.90. The van der Waals surface area contributed by atoms with Gasteiger partial charge in [-0.2, -0.15) is 0 Å². The maximum absolute atomic E-state index is 5.97. The van der Waals surface area contributed by atoms with Gasteiger partial charge in [-0.05, 0) is 31.1 Å². The molecule has 2 aromatic rings. The van der Waals surface area contributed by atoms with Crippen molar-refractivity contribution in [1.82, 2.24) is 19.5 Å². The van der Waals surface area contributed by atoms with Gasteiger partial charge in [-0.25, -0.2) is 15.0 Å². The normalized spacial score (nSPS) is 19.4. The lowest BCUT2D eigenvalue weighted by Gasteiger charge is -2.25. The van der Waals surface area contributed by atoms with Crippen molar-refractivity contribution in [1.29, 1.82) is 0 Å². The van der Waals surface area contributed by atoms with Crippen LogP contribution in [-0.2, 0) is 22.5 Å². The highest BCUT2D eigenvalue weighted by atomic mass is 16.5. The molecular weight excluding hydrogens is 292 g/mol. The molecule has 0 radical (unpaired) electrons. The zero-order chi connectivity index (χ0) is 16.4. The van der Waals surface area contributed by atoms with Gasteiger partial charge in [0.25, 0.3) is 0 Å². The van der Waals surface area contributed by atoms with Gasteiger partial charge in [0.05, 0.1) is 5.69 Å². The average molecular weight is 318 g/mol. The van der Waals surface area contributed by atoms with E-state index in [1.54, 1.807) is 13.4 Å². The second kappa shape index (κ2) is 6.53. The molecule has 1 atom stereocenters. The van der Waals surface area contributed by atoms with Crippen molar-refractivity contribution < 1.29 is 9.47 Å². The maximum Gasteiger partial charge on any atom is 0.165 e. The monoisotopic (exact) mass is 318 g/mol. The standard InChI is InChI=1S/C17H26N4O2/c1-17(2,3)9-12-15-16(19-11-18-12)21(13(20-15)10-22-4)14-7-5-6-8-23-14/h11,14H,5-10H2,1-4H3. The number of nitrogens with zero attached hydrogens (tertiary/aromatic N) is 4. The van der Waals surface area contributed by atoms with Gasteiger partial charge < -0.3 is 9.47 Å². The van der Waals surface area contributed by atoms with Crippen LogP contribution in [0.1, 0.15) is 57.8 Å². The summed E-state index contributed by atoms with van der Waals surface area (Å²) >= 11 is 0. The van der Waals surface area contributed by atoms with Crippen molar-refractivity contribution in [2.24, 2.45) is 5.41 Å². The molecule has 126 valence electrons. The summed E-state index contributed by atoms with van der Waals surface area (Å²) < 4.78 is 13.4. The van der Waals surface area contributed by atoms with E-state index in [0.717, 1.165) is 55.0 Å². The fraction of sp³-hybridized carbons (Fsp3) is 0.706. The molecule has 0 aromatic carbocycles. The molecule has 1 aliphatic rings. The SMILES string of the molecule is COCc1nc2c(CC(C)(C)C)ncnc2n1C1CCCCO1. The van der Waals surface area contributed by atoms with Gasteiger partial charge in [0, 0.05) is 13.7 Å². The number of rotatable bonds is 4. The molecular formula is C17H26N4O2. The first-order chi connectivity index (χ1) is 11.0. The van der Waals surface area contributed by atoms with Crippen molar-refractivity contribution in [2.45, 2.75) is 59.3 Å². The van der Waals surface area contributed by atoms with Crippen molar-refractivity contribution in [3.8, 4) is 0 Å². The van der Waals surface area contributed by atoms with Gasteiger partial charge in [0.15, 0.2) is 5.65 Å². The molecule has 1 fully saturated rings. The lowest BCUT2D eigenvalue weighted by Crippen LogP contribution is -2.20. The molecule has 0 aliphatic carbocycles. The molecule has 1 saturated heterocycles. The second-order valence-corrected chi connectivity index (χ2v) is 7.38. The van der Waals surface area contributed by atoms with Crippen LogP contribution in [0.2, 0.25) is 0 Å². The van der Waals surface area contributed by atoms with E-state index in [1.807, 2.05) is 0 Å². The summed E-state index contributed by atoms with van der Waals surface area (Å²) in [6, 6.07) is 0. The summed E-state index contributed by atoms with van der Waals surface area (Å²) in [6.45, 7) is 7.86. The second-order valence-electron chi connectivity index (χ2n) is 7.38. The Morgan fingerprint density at radius 1 is 1.30 bits per heavy atom. The Hall–Kier alpha value is -1.53. The van der Waals surface area contributed by atoms with E-state index in [9.17, 15) is 0 Å². The van der Waals surface area contributed by atoms with Crippen LogP contribution >= 0.6 is 0 Å². The summed E-state index contributed by atoms with van der Waals surface area (Å²) in [7, 11) is 1.69. The molecule has 0 spiro atoms. The number of fused-ring (bicyclic) bond motifs is 1. The summed E-state index contributed by atoms with van der Waals surface area (Å²) in [4.78, 5) is 13.8. The number of aromatic nitrogens is 4. The summed E-state index contributed by atoms with van der Waals surface area (Å²) in [6.07, 6.45) is 5.77. The molecule has 0 amide bonds. The van der Waals surface area contributed by atoms with Crippen LogP contribution < -0.4 is 0 Å². The van der Waals surface area contributed by atoms with Crippen molar-refractivity contribution >= 4 is 11.2 Å². The van der Waals surface area contributed by atoms with Gasteiger partial charge in [-0.15, -0.1) is 0 Å². The van der Waals surface area contributed by atoms with Crippen LogP contribution in [0.3, 0.4) is 0 Å². The fourth-order valence-electron chi connectivity index (χ4n) is 3.09. The first kappa shape index (κ1) is 16.3. The minimum Gasteiger partial charge on any atom is -0.377 e. The minimum atomic E-state index is -0.00344. The number of methoxy groups -OCH3 is 1. The highest BCUT2D eigenvalue weighted by molar-refractivity contribution is 5.74. The quantitative estimate of drug-likeness (QED) is 0.866. The minimum absolute atomic E-state index is 0.00344. The van der Waals surface area contributed by atoms with Crippen LogP contribution in [0, 0.1) is 5.41 Å². The predicted octanol–water partition coefficient (Wildman–Crippen LogP) is 3.26. The largest absolute Gasteiger partial charge is 0.377 e. The maximum atomic E-state index is 5.97. The zero-order valence-electron chi connectivity index (χ0n) is 14.5. The van der Waals surface area contributed by atoms with Crippen molar-refractivity contribution in [2.75, 3.05) is 13.7 Å². The molecule has 1 unspecified atom stereocenters. The van der Waals surface area contributed by atoms with Crippen LogP contribution in [0.25, 0.3) is 11.2 Å². The van der Waals surface area contributed by atoms with Gasteiger partial charge >= 0.3 is 0 Å². The van der Waals surface area contributed by atoms with E-state index in [4.69, 9.17) is 14.5 Å². The van der Waals surface area contributed by atoms with Crippen molar-refractivity contribution in [3.05, 3.63) is 17.8 Å². The fourth-order valence-corrected chi connectivity index (χ4v) is 3.09. The lowest BCUT2D eigenvalue weighted by molar-refractivity contribution is -0.0335. The van der Waals surface area contributed by atoms with E-state index in [1.165, 1.54) is 0 Å². The Labute approximate surface area is 137 Å². The molecule has 0 N–H and O–H groups in total. The molecule has 23 heavy (non-hydrogen) atoms. The van der Waals surface area contributed by atoms with E-state index < -0.39 is 0 Å². The van der Waals surface area contributed by atoms with Gasteiger partial charge in [-0.3, -0.25) is 4.57 Å². The number of hydrogen-bond donors (Lipinski definition) is 0. The Balaban J connectivity index is 2.09. The van der Waals surface area contributed by atoms with Crippen LogP contribution in [0.4, 0.5) is 0 Å². The summed E-state index contributed by atoms with van der Waals surface area (Å²) in [5.41, 5.74) is 2.88. The van der Waals surface area contributed by atoms with Crippen molar-refractivity contribution in [3.63, 3.8) is 0 Å². The molecule has 3 rings (SSSR count).